The maximum atomic E-state index is 3.68. The maximum absolute atomic E-state index is 3.68. The molecule has 0 aromatic heterocycles. The molecule has 0 aromatic carbocycles. The molecule has 0 saturated carbocycles. The van der Waals surface area contributed by atoms with Crippen molar-refractivity contribution in [2.75, 3.05) is 39.8 Å². The summed E-state index contributed by atoms with van der Waals surface area (Å²) in [5.41, 5.74) is 0. The summed E-state index contributed by atoms with van der Waals surface area (Å²) in [6.07, 6.45) is 5.50. The Kier molecular flexibility index (Phi) is 7.87. The topological polar surface area (TPSA) is 18.5 Å². The molecule has 3 heteroatoms. The number of hydrogen-bond donors (Lipinski definition) is 1. The zero-order valence-electron chi connectivity index (χ0n) is 12.9. The van der Waals surface area contributed by atoms with Gasteiger partial charge < -0.3 is 15.1 Å². The van der Waals surface area contributed by atoms with Crippen LogP contribution < -0.4 is 5.32 Å². The number of nitrogens with zero attached hydrogens (tertiary/aromatic N) is 2. The summed E-state index contributed by atoms with van der Waals surface area (Å²) in [5.74, 6) is 0. The first kappa shape index (κ1) is 15.9. The summed E-state index contributed by atoms with van der Waals surface area (Å²) in [7, 11) is 2.28. The first-order valence-electron chi connectivity index (χ1n) is 7.83. The van der Waals surface area contributed by atoms with Crippen molar-refractivity contribution in [1.82, 2.24) is 15.1 Å². The van der Waals surface area contributed by atoms with Crippen LogP contribution in [0.4, 0.5) is 0 Å². The second-order valence-electron chi connectivity index (χ2n) is 5.76. The molecule has 18 heavy (non-hydrogen) atoms. The van der Waals surface area contributed by atoms with Gasteiger partial charge in [-0.3, -0.25) is 0 Å². The molecule has 1 aliphatic heterocycles. The van der Waals surface area contributed by atoms with Gasteiger partial charge in [0.1, 0.15) is 0 Å². The van der Waals surface area contributed by atoms with Crippen molar-refractivity contribution in [3.63, 3.8) is 0 Å². The molecule has 1 N–H and O–H groups in total. The Morgan fingerprint density at radius 3 is 2.61 bits per heavy atom. The zero-order valence-corrected chi connectivity index (χ0v) is 12.9. The number of hydrogen-bond acceptors (Lipinski definition) is 3. The van der Waals surface area contributed by atoms with Gasteiger partial charge in [0.25, 0.3) is 0 Å². The minimum atomic E-state index is 0.610. The smallest absolute Gasteiger partial charge is 0.0166 e. The van der Waals surface area contributed by atoms with Gasteiger partial charge in [-0.05, 0) is 59.4 Å². The third-order valence-electron chi connectivity index (χ3n) is 4.32. The highest BCUT2D eigenvalue weighted by Crippen LogP contribution is 2.17. The summed E-state index contributed by atoms with van der Waals surface area (Å²) in [4.78, 5) is 5.03. The summed E-state index contributed by atoms with van der Waals surface area (Å²) >= 11 is 0. The highest BCUT2D eigenvalue weighted by molar-refractivity contribution is 4.76. The van der Waals surface area contributed by atoms with Gasteiger partial charge in [-0.15, -0.1) is 0 Å². The normalized spacial score (nSPS) is 23.5. The quantitative estimate of drug-likeness (QED) is 0.717. The molecule has 1 heterocycles. The number of likely N-dealkylation sites (tertiary alicyclic amines) is 1. The minimum Gasteiger partial charge on any atom is -0.313 e. The van der Waals surface area contributed by atoms with Gasteiger partial charge in [-0.1, -0.05) is 20.3 Å². The van der Waals surface area contributed by atoms with E-state index in [1.54, 1.807) is 0 Å². The Hall–Kier alpha value is -0.120. The highest BCUT2D eigenvalue weighted by Gasteiger charge is 2.18. The fourth-order valence-electron chi connectivity index (χ4n) is 2.94. The lowest BCUT2D eigenvalue weighted by atomic mass is 10.00. The van der Waals surface area contributed by atoms with Crippen molar-refractivity contribution < 1.29 is 0 Å². The Morgan fingerprint density at radius 2 is 2.00 bits per heavy atom. The van der Waals surface area contributed by atoms with E-state index in [2.05, 4.69) is 42.9 Å². The molecule has 2 atom stereocenters. The van der Waals surface area contributed by atoms with E-state index < -0.39 is 0 Å². The fourth-order valence-corrected chi connectivity index (χ4v) is 2.94. The third kappa shape index (κ3) is 5.68. The Balaban J connectivity index is 2.12. The summed E-state index contributed by atoms with van der Waals surface area (Å²) in [5, 5.41) is 3.68. The highest BCUT2D eigenvalue weighted by atomic mass is 15.1. The van der Waals surface area contributed by atoms with Crippen LogP contribution >= 0.6 is 0 Å². The fraction of sp³-hybridized carbons (Fsp3) is 1.00. The van der Waals surface area contributed by atoms with Crippen LogP contribution in [-0.2, 0) is 0 Å². The van der Waals surface area contributed by atoms with Gasteiger partial charge in [0.05, 0.1) is 0 Å². The van der Waals surface area contributed by atoms with Crippen LogP contribution in [0.2, 0.25) is 0 Å². The Labute approximate surface area is 114 Å². The number of rotatable bonds is 8. The average Bonchev–Trinajstić information content (AvgIpc) is 2.38. The first-order chi connectivity index (χ1) is 8.67. The van der Waals surface area contributed by atoms with E-state index in [0.717, 1.165) is 25.7 Å². The van der Waals surface area contributed by atoms with E-state index in [0.29, 0.717) is 6.04 Å². The van der Waals surface area contributed by atoms with Crippen LogP contribution in [0.3, 0.4) is 0 Å². The molecule has 0 aromatic rings. The van der Waals surface area contributed by atoms with Gasteiger partial charge in [0.15, 0.2) is 0 Å². The molecule has 1 saturated heterocycles. The summed E-state index contributed by atoms with van der Waals surface area (Å²) in [6, 6.07) is 1.42. The SMILES string of the molecule is CCN(CC)CC(C)NCCC1CCCCN1C. The van der Waals surface area contributed by atoms with Crippen molar-refractivity contribution in [1.29, 1.82) is 0 Å². The monoisotopic (exact) mass is 255 g/mol. The van der Waals surface area contributed by atoms with Gasteiger partial charge >= 0.3 is 0 Å². The Morgan fingerprint density at radius 1 is 1.28 bits per heavy atom. The molecular weight excluding hydrogens is 222 g/mol. The third-order valence-corrected chi connectivity index (χ3v) is 4.32. The minimum absolute atomic E-state index is 0.610. The van der Waals surface area contributed by atoms with Crippen LogP contribution in [0, 0.1) is 0 Å². The molecule has 2 unspecified atom stereocenters. The van der Waals surface area contributed by atoms with Crippen LogP contribution in [0.1, 0.15) is 46.5 Å². The van der Waals surface area contributed by atoms with E-state index in [1.807, 2.05) is 0 Å². The molecular formula is C15H33N3. The van der Waals surface area contributed by atoms with E-state index in [9.17, 15) is 0 Å². The van der Waals surface area contributed by atoms with Crippen molar-refractivity contribution in [3.05, 3.63) is 0 Å². The van der Waals surface area contributed by atoms with Crippen LogP contribution in [0.25, 0.3) is 0 Å². The van der Waals surface area contributed by atoms with Crippen molar-refractivity contribution >= 4 is 0 Å². The average molecular weight is 255 g/mol. The second kappa shape index (κ2) is 8.89. The molecule has 0 spiro atoms. The van der Waals surface area contributed by atoms with Gasteiger partial charge in [0, 0.05) is 18.6 Å². The second-order valence-corrected chi connectivity index (χ2v) is 5.76. The first-order valence-corrected chi connectivity index (χ1v) is 7.83. The van der Waals surface area contributed by atoms with Gasteiger partial charge in [-0.2, -0.15) is 0 Å². The molecule has 3 nitrogen and oxygen atoms in total. The lowest BCUT2D eigenvalue weighted by Gasteiger charge is -2.33. The summed E-state index contributed by atoms with van der Waals surface area (Å²) < 4.78 is 0. The molecule has 1 fully saturated rings. The molecule has 108 valence electrons. The number of piperidine rings is 1. The van der Waals surface area contributed by atoms with E-state index in [4.69, 9.17) is 0 Å². The standard InChI is InChI=1S/C15H33N3/c1-5-18(6-2)13-14(3)16-11-10-15-9-7-8-12-17(15)4/h14-16H,5-13H2,1-4H3. The maximum Gasteiger partial charge on any atom is 0.0166 e. The predicted molar refractivity (Wildman–Crippen MR) is 80.1 cm³/mol. The molecule has 0 amide bonds. The molecule has 1 rings (SSSR count). The predicted octanol–water partition coefficient (Wildman–Crippen LogP) is 2.18. The number of likely N-dealkylation sites (N-methyl/N-ethyl adjacent to an activating group) is 1. The van der Waals surface area contributed by atoms with Gasteiger partial charge in [-0.25, -0.2) is 0 Å². The van der Waals surface area contributed by atoms with E-state index in [-0.39, 0.29) is 0 Å². The van der Waals surface area contributed by atoms with Crippen molar-refractivity contribution in [2.45, 2.75) is 58.5 Å². The summed E-state index contributed by atoms with van der Waals surface area (Å²) in [6.45, 7) is 12.7. The zero-order chi connectivity index (χ0) is 13.4. The molecule has 1 aliphatic rings. The van der Waals surface area contributed by atoms with Gasteiger partial charge in [0.2, 0.25) is 0 Å². The van der Waals surface area contributed by atoms with E-state index in [1.165, 1.54) is 38.8 Å². The van der Waals surface area contributed by atoms with Crippen molar-refractivity contribution in [2.24, 2.45) is 0 Å². The molecule has 0 bridgehead atoms. The van der Waals surface area contributed by atoms with Crippen molar-refractivity contribution in [3.8, 4) is 0 Å². The number of nitrogens with one attached hydrogen (secondary N) is 1. The Bertz CT molecular complexity index is 204. The van der Waals surface area contributed by atoms with E-state index >= 15 is 0 Å². The molecule has 0 aliphatic carbocycles. The largest absolute Gasteiger partial charge is 0.313 e. The van der Waals surface area contributed by atoms with Crippen LogP contribution in [0.15, 0.2) is 0 Å². The lowest BCUT2D eigenvalue weighted by Crippen LogP contribution is -2.42. The van der Waals surface area contributed by atoms with Crippen LogP contribution in [-0.4, -0.2) is 61.7 Å². The van der Waals surface area contributed by atoms with Crippen LogP contribution in [0.5, 0.6) is 0 Å². The lowest BCUT2D eigenvalue weighted by molar-refractivity contribution is 0.173. The molecule has 0 radical (unpaired) electrons.